The Morgan fingerprint density at radius 2 is 2.00 bits per heavy atom. The van der Waals surface area contributed by atoms with Crippen molar-refractivity contribution in [1.29, 1.82) is 0 Å². The molecule has 1 aliphatic carbocycles. The van der Waals surface area contributed by atoms with Crippen LogP contribution in [0.25, 0.3) is 0 Å². The summed E-state index contributed by atoms with van der Waals surface area (Å²) in [6.45, 7) is 10.5. The van der Waals surface area contributed by atoms with E-state index >= 15 is 0 Å². The predicted molar refractivity (Wildman–Crippen MR) is 94.2 cm³/mol. The van der Waals surface area contributed by atoms with Crippen molar-refractivity contribution in [3.05, 3.63) is 23.8 Å². The molecule has 0 unspecified atom stereocenters. The number of aliphatic hydroxyl groups excluding tert-OH is 1. The zero-order valence-electron chi connectivity index (χ0n) is 15.4. The molecule has 2 rings (SSSR count). The summed E-state index contributed by atoms with van der Waals surface area (Å²) in [7, 11) is 0. The molecule has 5 atom stereocenters. The van der Waals surface area contributed by atoms with E-state index in [0.717, 1.165) is 31.3 Å². The second kappa shape index (κ2) is 7.08. The van der Waals surface area contributed by atoms with Crippen LogP contribution in [0.5, 0.6) is 0 Å². The third-order valence-corrected chi connectivity index (χ3v) is 5.41. The van der Waals surface area contributed by atoms with Gasteiger partial charge in [0, 0.05) is 6.42 Å². The van der Waals surface area contributed by atoms with Gasteiger partial charge in [0.15, 0.2) is 0 Å². The Balaban J connectivity index is 2.16. The number of ether oxygens (including phenoxy) is 1. The highest BCUT2D eigenvalue weighted by Gasteiger charge is 2.51. The molecule has 1 saturated heterocycles. The minimum atomic E-state index is -0.974. The Bertz CT molecular complexity index is 464. The summed E-state index contributed by atoms with van der Waals surface area (Å²) in [6.07, 6.45) is 10.1. The molecule has 0 radical (unpaired) electrons. The Hall–Kier alpha value is -0.640. The van der Waals surface area contributed by atoms with E-state index in [4.69, 9.17) is 4.74 Å². The summed E-state index contributed by atoms with van der Waals surface area (Å²) in [5, 5.41) is 20.8. The quantitative estimate of drug-likeness (QED) is 0.567. The lowest BCUT2D eigenvalue weighted by molar-refractivity contribution is 0.0564. The number of fused-ring (bicyclic) bond motifs is 1. The molecule has 1 fully saturated rings. The van der Waals surface area contributed by atoms with Crippen LogP contribution in [0.4, 0.5) is 0 Å². The number of allylic oxidation sites excluding steroid dienone is 1. The monoisotopic (exact) mass is 322 g/mol. The molecule has 0 aromatic heterocycles. The molecule has 0 bridgehead atoms. The van der Waals surface area contributed by atoms with Gasteiger partial charge in [-0.15, -0.1) is 0 Å². The summed E-state index contributed by atoms with van der Waals surface area (Å²) in [5.41, 5.74) is 0.182. The van der Waals surface area contributed by atoms with Crippen LogP contribution in [0.3, 0.4) is 0 Å². The molecule has 0 aromatic carbocycles. The van der Waals surface area contributed by atoms with E-state index in [2.05, 4.69) is 26.8 Å². The highest BCUT2D eigenvalue weighted by atomic mass is 16.6. The Morgan fingerprint density at radius 1 is 1.30 bits per heavy atom. The second-order valence-corrected chi connectivity index (χ2v) is 8.42. The van der Waals surface area contributed by atoms with Crippen LogP contribution < -0.4 is 0 Å². The van der Waals surface area contributed by atoms with Crippen LogP contribution in [-0.2, 0) is 4.74 Å². The van der Waals surface area contributed by atoms with Gasteiger partial charge in [0.2, 0.25) is 0 Å². The predicted octanol–water partition coefficient (Wildman–Crippen LogP) is 3.99. The van der Waals surface area contributed by atoms with Gasteiger partial charge in [-0.25, -0.2) is 0 Å². The van der Waals surface area contributed by atoms with E-state index in [1.807, 2.05) is 19.1 Å². The fraction of sp³-hybridized carbons (Fsp3) is 0.800. The van der Waals surface area contributed by atoms with Crippen molar-refractivity contribution in [2.75, 3.05) is 0 Å². The first-order valence-corrected chi connectivity index (χ1v) is 9.06. The number of aliphatic hydroxyl groups is 2. The zero-order valence-corrected chi connectivity index (χ0v) is 15.4. The molecule has 0 spiro atoms. The minimum absolute atomic E-state index is 0.0148. The summed E-state index contributed by atoms with van der Waals surface area (Å²) in [6, 6.07) is 0. The van der Waals surface area contributed by atoms with Gasteiger partial charge in [0.1, 0.15) is 0 Å². The van der Waals surface area contributed by atoms with Gasteiger partial charge in [-0.1, -0.05) is 37.6 Å². The molecule has 132 valence electrons. The number of rotatable bonds is 1. The van der Waals surface area contributed by atoms with Gasteiger partial charge in [0.25, 0.3) is 0 Å². The Morgan fingerprint density at radius 3 is 2.65 bits per heavy atom. The maximum Gasteiger partial charge on any atom is 0.0923 e. The minimum Gasteiger partial charge on any atom is -0.389 e. The first-order valence-electron chi connectivity index (χ1n) is 9.06. The molecular formula is C20H34O3. The van der Waals surface area contributed by atoms with E-state index in [-0.39, 0.29) is 11.7 Å². The van der Waals surface area contributed by atoms with Crippen molar-refractivity contribution in [1.82, 2.24) is 0 Å². The molecule has 1 aliphatic heterocycles. The molecule has 0 saturated carbocycles. The summed E-state index contributed by atoms with van der Waals surface area (Å²) in [4.78, 5) is 0. The van der Waals surface area contributed by atoms with Gasteiger partial charge in [-0.3, -0.25) is 0 Å². The van der Waals surface area contributed by atoms with Crippen LogP contribution >= 0.6 is 0 Å². The lowest BCUT2D eigenvalue weighted by Crippen LogP contribution is -2.27. The molecule has 3 heteroatoms. The third kappa shape index (κ3) is 5.44. The largest absolute Gasteiger partial charge is 0.389 e. The van der Waals surface area contributed by atoms with E-state index < -0.39 is 11.7 Å². The SMILES string of the molecule is C/C1=C\[C@H](O)C[C@@](C)(O)/C=C/[C@H](C(C)C)CCC[C@@]2(C)O[C@H]2C1. The normalized spacial score (nSPS) is 46.4. The summed E-state index contributed by atoms with van der Waals surface area (Å²) in [5.74, 6) is 1.00. The highest BCUT2D eigenvalue weighted by molar-refractivity contribution is 5.13. The smallest absolute Gasteiger partial charge is 0.0923 e. The number of epoxide rings is 1. The van der Waals surface area contributed by atoms with E-state index in [9.17, 15) is 10.2 Å². The molecule has 0 aromatic rings. The molecule has 2 N–H and O–H groups in total. The Kier molecular flexibility index (Phi) is 5.76. The fourth-order valence-corrected chi connectivity index (χ4v) is 3.68. The van der Waals surface area contributed by atoms with Crippen molar-refractivity contribution in [2.24, 2.45) is 11.8 Å². The average Bonchev–Trinajstić information content (AvgIpc) is 3.01. The van der Waals surface area contributed by atoms with Crippen molar-refractivity contribution >= 4 is 0 Å². The van der Waals surface area contributed by atoms with Gasteiger partial charge >= 0.3 is 0 Å². The molecular weight excluding hydrogens is 288 g/mol. The van der Waals surface area contributed by atoms with Gasteiger partial charge in [-0.05, 0) is 58.3 Å². The van der Waals surface area contributed by atoms with E-state index in [1.54, 1.807) is 6.92 Å². The van der Waals surface area contributed by atoms with E-state index in [1.165, 1.54) is 0 Å². The van der Waals surface area contributed by atoms with Crippen LogP contribution in [0.2, 0.25) is 0 Å². The highest BCUT2D eigenvalue weighted by Crippen LogP contribution is 2.44. The van der Waals surface area contributed by atoms with Crippen molar-refractivity contribution in [3.8, 4) is 0 Å². The van der Waals surface area contributed by atoms with Crippen molar-refractivity contribution < 1.29 is 14.9 Å². The summed E-state index contributed by atoms with van der Waals surface area (Å²) < 4.78 is 5.93. The van der Waals surface area contributed by atoms with Crippen LogP contribution in [0, 0.1) is 11.8 Å². The molecule has 1 heterocycles. The third-order valence-electron chi connectivity index (χ3n) is 5.41. The van der Waals surface area contributed by atoms with Crippen LogP contribution in [0.1, 0.15) is 66.7 Å². The van der Waals surface area contributed by atoms with Gasteiger partial charge < -0.3 is 14.9 Å². The van der Waals surface area contributed by atoms with E-state index in [0.29, 0.717) is 18.3 Å². The molecule has 23 heavy (non-hydrogen) atoms. The second-order valence-electron chi connectivity index (χ2n) is 8.42. The van der Waals surface area contributed by atoms with Gasteiger partial charge in [-0.2, -0.15) is 0 Å². The number of hydrogen-bond donors (Lipinski definition) is 2. The lowest BCUT2D eigenvalue weighted by Gasteiger charge is -2.24. The Labute approximate surface area is 141 Å². The molecule has 3 nitrogen and oxygen atoms in total. The van der Waals surface area contributed by atoms with Crippen LogP contribution in [-0.4, -0.2) is 33.6 Å². The zero-order chi connectivity index (χ0) is 17.3. The maximum atomic E-state index is 10.5. The average molecular weight is 322 g/mol. The maximum absolute atomic E-state index is 10.5. The van der Waals surface area contributed by atoms with Crippen molar-refractivity contribution in [3.63, 3.8) is 0 Å². The first-order chi connectivity index (χ1) is 10.6. The van der Waals surface area contributed by atoms with Crippen LogP contribution in [0.15, 0.2) is 23.8 Å². The van der Waals surface area contributed by atoms with Crippen molar-refractivity contribution in [2.45, 2.75) is 90.1 Å². The number of hydrogen-bond acceptors (Lipinski definition) is 3. The first kappa shape index (κ1) is 18.7. The summed E-state index contributed by atoms with van der Waals surface area (Å²) >= 11 is 0. The standard InChI is InChI=1S/C20H34O3/c1-14(2)16-7-6-9-20(5)18(23-20)12-15(3)11-17(21)13-19(4,22)10-8-16/h8,10-11,14,16-18,21-22H,6-7,9,12-13H2,1-5H3/b10-8+,15-11+/t16-,17+,18+,19+,20-/m1/s1. The molecule has 0 amide bonds. The van der Waals surface area contributed by atoms with Gasteiger partial charge in [0.05, 0.1) is 23.4 Å². The topological polar surface area (TPSA) is 53.0 Å². The molecule has 2 aliphatic rings. The fourth-order valence-electron chi connectivity index (χ4n) is 3.68. The lowest BCUT2D eigenvalue weighted by atomic mass is 9.85.